The van der Waals surface area contributed by atoms with Gasteiger partial charge in [0.1, 0.15) is 46.3 Å². The zero-order valence-corrected chi connectivity index (χ0v) is 32.3. The number of likely N-dealkylation sites (N-methyl/N-ethyl adjacent to an activating group) is 1. The van der Waals surface area contributed by atoms with Gasteiger partial charge in [0.25, 0.3) is 5.91 Å². The molecule has 3 aliphatic carbocycles. The number of benzene rings is 2. The number of aliphatic carboxylic acids is 1. The first kappa shape index (κ1) is 39.9. The molecule has 2 aromatic rings. The molecule has 5 aliphatic rings. The zero-order valence-electron chi connectivity index (χ0n) is 31.5. The summed E-state index contributed by atoms with van der Waals surface area (Å²) in [7, 11) is 2.95. The number of thioether (sulfide) groups is 1. The fourth-order valence-corrected chi connectivity index (χ4v) is 10.8. The van der Waals surface area contributed by atoms with Crippen molar-refractivity contribution in [3.63, 3.8) is 0 Å². The lowest BCUT2D eigenvalue weighted by atomic mass is 9.54. The molecule has 0 bridgehead atoms. The van der Waals surface area contributed by atoms with E-state index >= 15 is 0 Å². The van der Waals surface area contributed by atoms with Crippen LogP contribution in [-0.2, 0) is 34.4 Å². The predicted molar refractivity (Wildman–Crippen MR) is 202 cm³/mol. The number of fused-ring (bicyclic) bond motifs is 4. The minimum Gasteiger partial charge on any atom is -0.508 e. The smallest absolute Gasteiger partial charge is 0.327 e. The van der Waals surface area contributed by atoms with E-state index in [4.69, 9.17) is 0 Å². The summed E-state index contributed by atoms with van der Waals surface area (Å²) in [5.41, 5.74) is -5.95. The quantitative estimate of drug-likeness (QED) is 0.0930. The van der Waals surface area contributed by atoms with E-state index in [2.05, 4.69) is 16.0 Å². The number of β-lactam (4-membered cyclic amide) rings is 1. The molecule has 2 saturated heterocycles. The lowest BCUT2D eigenvalue weighted by molar-refractivity contribution is -0.161. The molecule has 2 aromatic carbocycles. The number of aliphatic hydroxyl groups is 4. The summed E-state index contributed by atoms with van der Waals surface area (Å²) in [6.45, 7) is 4.27. The van der Waals surface area contributed by atoms with E-state index in [0.717, 1.165) is 0 Å². The third-order valence-corrected chi connectivity index (χ3v) is 13.5. The Balaban J connectivity index is 1.15. The normalized spacial score (nSPS) is 31.9. The van der Waals surface area contributed by atoms with Crippen molar-refractivity contribution < 1.29 is 59.4 Å². The van der Waals surface area contributed by atoms with Crippen LogP contribution < -0.4 is 16.0 Å². The van der Waals surface area contributed by atoms with Crippen LogP contribution in [0.1, 0.15) is 49.9 Å². The largest absolute Gasteiger partial charge is 0.508 e. The molecule has 7 rings (SSSR count). The molecule has 8 unspecified atom stereocenters. The highest BCUT2D eigenvalue weighted by molar-refractivity contribution is 8.01. The molecule has 9 atom stereocenters. The maximum absolute atomic E-state index is 14.4. The molecule has 9 N–H and O–H groups in total. The Labute approximate surface area is 330 Å². The third-order valence-electron chi connectivity index (χ3n) is 11.9. The van der Waals surface area contributed by atoms with Crippen LogP contribution in [0.25, 0.3) is 5.76 Å². The topological polar surface area (TPSA) is 266 Å². The molecule has 3 fully saturated rings. The minimum atomic E-state index is -2.93. The van der Waals surface area contributed by atoms with Crippen LogP contribution in [0.5, 0.6) is 5.75 Å². The summed E-state index contributed by atoms with van der Waals surface area (Å²) in [5.74, 6) is -10.9. The van der Waals surface area contributed by atoms with Gasteiger partial charge in [-0.05, 0) is 58.5 Å². The number of Topliss-reactive ketones (excluding diaryl/α,β-unsaturated/α-hetero) is 2. The van der Waals surface area contributed by atoms with Crippen molar-refractivity contribution in [1.29, 1.82) is 0 Å². The number of hydrogen-bond donors (Lipinski definition) is 9. The second kappa shape index (κ2) is 13.7. The second-order valence-corrected chi connectivity index (χ2v) is 17.7. The van der Waals surface area contributed by atoms with Crippen molar-refractivity contribution in [2.75, 3.05) is 20.8 Å². The number of carbonyl (C=O) groups excluding carboxylic acids is 5. The highest BCUT2D eigenvalue weighted by Gasteiger charge is 2.67. The monoisotopic (exact) mass is 805 g/mol. The summed E-state index contributed by atoms with van der Waals surface area (Å²) in [4.78, 5) is 83.8. The molecule has 17 nitrogen and oxygen atoms in total. The Morgan fingerprint density at radius 3 is 2.28 bits per heavy atom. The number of carboxylic acid groups (broad SMARTS) is 1. The van der Waals surface area contributed by atoms with E-state index in [1.807, 2.05) is 0 Å². The van der Waals surface area contributed by atoms with Gasteiger partial charge in [-0.15, -0.1) is 11.8 Å². The van der Waals surface area contributed by atoms with Crippen LogP contribution >= 0.6 is 11.8 Å². The second-order valence-electron chi connectivity index (χ2n) is 15.9. The number of hydrogen-bond acceptors (Lipinski definition) is 14. The average Bonchev–Trinajstić information content (AvgIpc) is 3.40. The molecule has 302 valence electrons. The molecule has 0 spiro atoms. The number of phenols is 1. The summed E-state index contributed by atoms with van der Waals surface area (Å²) >= 11 is 1.25. The van der Waals surface area contributed by atoms with Crippen LogP contribution in [-0.4, -0.2) is 130 Å². The fraction of sp³-hybridized carbons (Fsp3) is 0.436. The maximum Gasteiger partial charge on any atom is 0.327 e. The molecule has 2 aliphatic heterocycles. The van der Waals surface area contributed by atoms with Crippen molar-refractivity contribution in [2.45, 2.75) is 72.7 Å². The first-order valence-electron chi connectivity index (χ1n) is 18.2. The van der Waals surface area contributed by atoms with Crippen LogP contribution in [0.3, 0.4) is 0 Å². The first-order valence-corrected chi connectivity index (χ1v) is 19.0. The summed E-state index contributed by atoms with van der Waals surface area (Å²) in [6.07, 6.45) is -0.304. The highest BCUT2D eigenvalue weighted by atomic mass is 32.2. The van der Waals surface area contributed by atoms with Gasteiger partial charge in [0.2, 0.25) is 17.6 Å². The molecular formula is C39H43N5O12S. The molecule has 18 heteroatoms. The van der Waals surface area contributed by atoms with E-state index < -0.39 is 128 Å². The van der Waals surface area contributed by atoms with Gasteiger partial charge < -0.3 is 46.2 Å². The third kappa shape index (κ3) is 5.83. The number of aliphatic hydroxyl groups excluding tert-OH is 2. The SMILES string of the molecule is CN(C)C1C(=O)C(C(=O)NCNC(C(=O)NC2C(=O)N3C2SC(C)(C)C3C(=O)O)c2ccccc2)=C(O)[C@@]2(O)C(=O)C3=C(O)c4c(O)cccc4C(C)(O)C3CC12. The first-order chi connectivity index (χ1) is 26.7. The average molecular weight is 806 g/mol. The van der Waals surface area contributed by atoms with E-state index in [1.54, 1.807) is 44.2 Å². The number of nitrogens with zero attached hydrogens (tertiary/aromatic N) is 2. The Kier molecular flexibility index (Phi) is 9.59. The van der Waals surface area contributed by atoms with Gasteiger partial charge in [-0.25, -0.2) is 4.79 Å². The molecule has 0 radical (unpaired) electrons. The van der Waals surface area contributed by atoms with Crippen molar-refractivity contribution >= 4 is 52.8 Å². The van der Waals surface area contributed by atoms with E-state index in [0.29, 0.717) is 5.56 Å². The summed E-state index contributed by atoms with van der Waals surface area (Å²) in [6, 6.07) is 7.73. The molecular weight excluding hydrogens is 763 g/mol. The van der Waals surface area contributed by atoms with Crippen molar-refractivity contribution in [2.24, 2.45) is 11.8 Å². The van der Waals surface area contributed by atoms with Crippen LogP contribution in [0.15, 0.2) is 65.4 Å². The van der Waals surface area contributed by atoms with E-state index in [1.165, 1.54) is 60.8 Å². The molecule has 1 saturated carbocycles. The number of phenolic OH excluding ortho intramolecular Hbond substituents is 1. The number of carbonyl (C=O) groups is 6. The van der Waals surface area contributed by atoms with Gasteiger partial charge in [0, 0.05) is 22.2 Å². The van der Waals surface area contributed by atoms with Gasteiger partial charge in [-0.1, -0.05) is 42.5 Å². The Hall–Kier alpha value is -5.27. The number of carboxylic acids is 1. The molecule has 57 heavy (non-hydrogen) atoms. The molecule has 3 amide bonds. The number of ketones is 2. The standard InChI is InChI=1S/C39H43N5O12S/c1-37(2)29(36(53)54)44-34(52)25(35(44)57-37)42-33(51)24(16-10-7-6-8-11-16)40-15-41-32(50)23-28(47)26(43(4)5)19-14-18-22(30(48)39(19,56)31(23)49)27(46)21-17(38(18,3)55)12-9-13-20(21)45/h6-13,18-19,24-26,29,35,40,45-46,49,55-56H,14-15H2,1-5H3,(H,41,50)(H,42,51)(H,53,54)/t18?,19?,24?,25?,26?,29?,35?,38?,39-/m0/s1. The van der Waals surface area contributed by atoms with Gasteiger partial charge >= 0.3 is 5.97 Å². The van der Waals surface area contributed by atoms with Gasteiger partial charge in [0.05, 0.1) is 23.9 Å². The van der Waals surface area contributed by atoms with E-state index in [-0.39, 0.29) is 17.5 Å². The lowest BCUT2D eigenvalue weighted by Crippen LogP contribution is -2.71. The fourth-order valence-electron chi connectivity index (χ4n) is 9.19. The van der Waals surface area contributed by atoms with E-state index in [9.17, 15) is 59.4 Å². The van der Waals surface area contributed by atoms with Gasteiger partial charge in [-0.3, -0.25) is 34.2 Å². The number of nitrogens with one attached hydrogen (secondary N) is 3. The number of rotatable bonds is 9. The molecule has 2 heterocycles. The summed E-state index contributed by atoms with van der Waals surface area (Å²) < 4.78 is -0.825. The maximum atomic E-state index is 14.4. The van der Waals surface area contributed by atoms with Crippen molar-refractivity contribution in [3.05, 3.63) is 82.1 Å². The highest BCUT2D eigenvalue weighted by Crippen LogP contribution is 2.57. The lowest BCUT2D eigenvalue weighted by Gasteiger charge is -2.53. The van der Waals surface area contributed by atoms with Gasteiger partial charge in [-0.2, -0.15) is 0 Å². The minimum absolute atomic E-state index is 0.111. The van der Waals surface area contributed by atoms with Crippen molar-refractivity contribution in [3.8, 4) is 5.75 Å². The Bertz CT molecular complexity index is 2190. The molecule has 0 aromatic heterocycles. The van der Waals surface area contributed by atoms with Crippen LogP contribution in [0.2, 0.25) is 0 Å². The number of aromatic hydroxyl groups is 1. The Morgan fingerprint density at radius 1 is 0.982 bits per heavy atom. The predicted octanol–water partition coefficient (Wildman–Crippen LogP) is 0.180. The van der Waals surface area contributed by atoms with Crippen LogP contribution in [0.4, 0.5) is 0 Å². The number of amides is 3. The summed E-state index contributed by atoms with van der Waals surface area (Å²) in [5, 5.41) is 74.7. The Morgan fingerprint density at radius 2 is 1.65 bits per heavy atom. The van der Waals surface area contributed by atoms with Gasteiger partial charge in [0.15, 0.2) is 11.4 Å². The zero-order chi connectivity index (χ0) is 41.7. The van der Waals surface area contributed by atoms with Crippen LogP contribution in [0, 0.1) is 11.8 Å². The van der Waals surface area contributed by atoms with Crippen molar-refractivity contribution in [1.82, 2.24) is 25.8 Å².